The minimum Gasteiger partial charge on any atom is -0.492 e. The van der Waals surface area contributed by atoms with Crippen LogP contribution in [-0.2, 0) is 19.1 Å². The van der Waals surface area contributed by atoms with Gasteiger partial charge in [0.1, 0.15) is 17.8 Å². The molecule has 1 aliphatic carbocycles. The number of hydrogen-bond acceptors (Lipinski definition) is 8. The molecule has 10 heteroatoms. The lowest BCUT2D eigenvalue weighted by atomic mass is 10.1. The van der Waals surface area contributed by atoms with Crippen molar-refractivity contribution in [2.24, 2.45) is 5.41 Å². The Morgan fingerprint density at radius 2 is 1.92 bits per heavy atom. The van der Waals surface area contributed by atoms with Crippen LogP contribution in [0.1, 0.15) is 12.8 Å². The SMILES string of the molecule is COC(=O)C1(C(=O)Nc2ccc(-c3cn4c(n3)sc3cc(OCCN5CCOCC5)ccc34)cc2)CC1. The highest BCUT2D eigenvalue weighted by molar-refractivity contribution is 7.23. The van der Waals surface area contributed by atoms with Crippen LogP contribution in [0, 0.1) is 5.41 Å². The maximum absolute atomic E-state index is 12.6. The molecule has 2 fully saturated rings. The number of methoxy groups -OCH3 is 1. The first-order chi connectivity index (χ1) is 18.1. The molecule has 3 heterocycles. The lowest BCUT2D eigenvalue weighted by molar-refractivity contribution is -0.150. The van der Waals surface area contributed by atoms with E-state index in [-0.39, 0.29) is 5.91 Å². The predicted molar refractivity (Wildman–Crippen MR) is 141 cm³/mol. The largest absolute Gasteiger partial charge is 0.492 e. The fraction of sp³-hybridized carbons (Fsp3) is 0.370. The van der Waals surface area contributed by atoms with E-state index >= 15 is 0 Å². The molecule has 9 nitrogen and oxygen atoms in total. The van der Waals surface area contributed by atoms with E-state index in [9.17, 15) is 9.59 Å². The molecule has 6 rings (SSSR count). The van der Waals surface area contributed by atoms with Crippen molar-refractivity contribution in [2.45, 2.75) is 12.8 Å². The van der Waals surface area contributed by atoms with Gasteiger partial charge in [-0.25, -0.2) is 4.98 Å². The number of carbonyl (C=O) groups is 2. The van der Waals surface area contributed by atoms with Gasteiger partial charge >= 0.3 is 5.97 Å². The monoisotopic (exact) mass is 520 g/mol. The van der Waals surface area contributed by atoms with Gasteiger partial charge in [0.15, 0.2) is 4.96 Å². The van der Waals surface area contributed by atoms with Crippen molar-refractivity contribution in [3.05, 3.63) is 48.7 Å². The smallest absolute Gasteiger partial charge is 0.321 e. The lowest BCUT2D eigenvalue weighted by Gasteiger charge is -2.26. The summed E-state index contributed by atoms with van der Waals surface area (Å²) < 4.78 is 19.4. The van der Waals surface area contributed by atoms with Crippen LogP contribution in [0.15, 0.2) is 48.7 Å². The van der Waals surface area contributed by atoms with Crippen LogP contribution in [0.5, 0.6) is 5.75 Å². The maximum atomic E-state index is 12.6. The number of aromatic nitrogens is 2. The van der Waals surface area contributed by atoms with Crippen molar-refractivity contribution in [3.8, 4) is 17.0 Å². The lowest BCUT2D eigenvalue weighted by Crippen LogP contribution is -2.38. The predicted octanol–water partition coefficient (Wildman–Crippen LogP) is 3.82. The normalized spacial score (nSPS) is 17.1. The second-order valence-electron chi connectivity index (χ2n) is 9.42. The Morgan fingerprint density at radius 1 is 1.14 bits per heavy atom. The zero-order valence-electron chi connectivity index (χ0n) is 20.6. The Labute approximate surface area is 217 Å². The Balaban J connectivity index is 1.12. The summed E-state index contributed by atoms with van der Waals surface area (Å²) in [4.78, 5) is 32.6. The summed E-state index contributed by atoms with van der Waals surface area (Å²) in [7, 11) is 1.31. The molecule has 1 N–H and O–H groups in total. The summed E-state index contributed by atoms with van der Waals surface area (Å²) >= 11 is 1.62. The van der Waals surface area contributed by atoms with E-state index in [2.05, 4.69) is 26.8 Å². The first kappa shape index (κ1) is 23.9. The number of nitrogens with zero attached hydrogens (tertiary/aromatic N) is 3. The van der Waals surface area contributed by atoms with E-state index < -0.39 is 11.4 Å². The van der Waals surface area contributed by atoms with Gasteiger partial charge in [0.25, 0.3) is 0 Å². The van der Waals surface area contributed by atoms with E-state index in [4.69, 9.17) is 19.2 Å². The first-order valence-corrected chi connectivity index (χ1v) is 13.2. The van der Waals surface area contributed by atoms with Crippen LogP contribution in [0.25, 0.3) is 26.4 Å². The number of esters is 1. The third-order valence-electron chi connectivity index (χ3n) is 7.04. The zero-order valence-corrected chi connectivity index (χ0v) is 21.4. The number of thiazole rings is 1. The number of morpholine rings is 1. The van der Waals surface area contributed by atoms with Crippen molar-refractivity contribution in [1.82, 2.24) is 14.3 Å². The second-order valence-corrected chi connectivity index (χ2v) is 10.4. The van der Waals surface area contributed by atoms with Gasteiger partial charge < -0.3 is 19.5 Å². The van der Waals surface area contributed by atoms with Crippen LogP contribution >= 0.6 is 11.3 Å². The molecule has 1 saturated carbocycles. The van der Waals surface area contributed by atoms with Gasteiger partial charge in [0.2, 0.25) is 5.91 Å². The van der Waals surface area contributed by atoms with Gasteiger partial charge in [0.05, 0.1) is 36.2 Å². The number of amides is 1. The van der Waals surface area contributed by atoms with Gasteiger partial charge in [0, 0.05) is 37.1 Å². The van der Waals surface area contributed by atoms with Crippen molar-refractivity contribution >= 4 is 44.1 Å². The summed E-state index contributed by atoms with van der Waals surface area (Å²) in [6, 6.07) is 13.6. The van der Waals surface area contributed by atoms with Crippen molar-refractivity contribution in [2.75, 3.05) is 51.9 Å². The summed E-state index contributed by atoms with van der Waals surface area (Å²) in [5.41, 5.74) is 2.48. The molecule has 0 atom stereocenters. The number of hydrogen-bond donors (Lipinski definition) is 1. The second kappa shape index (κ2) is 9.77. The number of anilines is 1. The highest BCUT2D eigenvalue weighted by Gasteiger charge is 2.57. The molecule has 2 aromatic heterocycles. The minimum atomic E-state index is -1.03. The average molecular weight is 521 g/mol. The molecule has 2 aliphatic rings. The van der Waals surface area contributed by atoms with Crippen molar-refractivity contribution in [1.29, 1.82) is 0 Å². The van der Waals surface area contributed by atoms with Crippen LogP contribution in [0.2, 0.25) is 0 Å². The van der Waals surface area contributed by atoms with E-state index in [1.807, 2.05) is 36.5 Å². The van der Waals surface area contributed by atoms with Crippen molar-refractivity contribution < 1.29 is 23.8 Å². The Kier molecular flexibility index (Phi) is 6.31. The number of imidazole rings is 1. The molecule has 192 valence electrons. The summed E-state index contributed by atoms with van der Waals surface area (Å²) in [6.07, 6.45) is 3.06. The van der Waals surface area contributed by atoms with Gasteiger partial charge in [-0.05, 0) is 43.2 Å². The number of fused-ring (bicyclic) bond motifs is 3. The number of ether oxygens (including phenoxy) is 3. The minimum absolute atomic E-state index is 0.314. The number of nitrogens with one attached hydrogen (secondary N) is 1. The van der Waals surface area contributed by atoms with Gasteiger partial charge in [-0.15, -0.1) is 0 Å². The highest BCUT2D eigenvalue weighted by Crippen LogP contribution is 2.47. The summed E-state index contributed by atoms with van der Waals surface area (Å²) in [5.74, 6) is 0.0763. The molecule has 1 saturated heterocycles. The van der Waals surface area contributed by atoms with Crippen LogP contribution < -0.4 is 10.1 Å². The van der Waals surface area contributed by atoms with Gasteiger partial charge in [-0.3, -0.25) is 18.9 Å². The summed E-state index contributed by atoms with van der Waals surface area (Å²) in [6.45, 7) is 5.05. The quantitative estimate of drug-likeness (QED) is 0.279. The standard InChI is InChI=1S/C27H28N4O5S/c1-34-25(33)27(8-9-27)24(32)28-19-4-2-18(3-5-19)21-17-31-22-7-6-20(16-23(22)37-26(31)29-21)36-15-12-30-10-13-35-14-11-30/h2-7,16-17H,8-15H2,1H3,(H,28,32). The molecule has 1 amide bonds. The third-order valence-corrected chi connectivity index (χ3v) is 8.06. The number of rotatable bonds is 8. The first-order valence-electron chi connectivity index (χ1n) is 12.4. The zero-order chi connectivity index (χ0) is 25.4. The van der Waals surface area contributed by atoms with Gasteiger partial charge in [-0.1, -0.05) is 23.5 Å². The third kappa shape index (κ3) is 4.68. The fourth-order valence-corrected chi connectivity index (χ4v) is 5.68. The van der Waals surface area contributed by atoms with E-state index in [0.29, 0.717) is 25.1 Å². The van der Waals surface area contributed by atoms with E-state index in [0.717, 1.165) is 65.0 Å². The number of benzene rings is 2. The molecule has 2 aromatic carbocycles. The molecule has 0 spiro atoms. The maximum Gasteiger partial charge on any atom is 0.321 e. The van der Waals surface area contributed by atoms with Gasteiger partial charge in [-0.2, -0.15) is 0 Å². The Bertz CT molecular complexity index is 1450. The van der Waals surface area contributed by atoms with Crippen LogP contribution in [-0.4, -0.2) is 72.7 Å². The Morgan fingerprint density at radius 3 is 2.65 bits per heavy atom. The Hall–Kier alpha value is -3.47. The van der Waals surface area contributed by atoms with Crippen LogP contribution in [0.3, 0.4) is 0 Å². The fourth-order valence-electron chi connectivity index (χ4n) is 4.65. The molecule has 37 heavy (non-hydrogen) atoms. The van der Waals surface area contributed by atoms with E-state index in [1.165, 1.54) is 7.11 Å². The topological polar surface area (TPSA) is 94.4 Å². The van der Waals surface area contributed by atoms with Crippen molar-refractivity contribution in [3.63, 3.8) is 0 Å². The molecular weight excluding hydrogens is 492 g/mol. The summed E-state index contributed by atoms with van der Waals surface area (Å²) in [5, 5.41) is 2.84. The molecule has 0 radical (unpaired) electrons. The molecule has 0 bridgehead atoms. The molecule has 0 unspecified atom stereocenters. The molecule has 1 aliphatic heterocycles. The average Bonchev–Trinajstić information content (AvgIpc) is 3.54. The number of carbonyl (C=O) groups excluding carboxylic acids is 2. The van der Waals surface area contributed by atoms with E-state index in [1.54, 1.807) is 11.3 Å². The van der Waals surface area contributed by atoms with Crippen LogP contribution in [0.4, 0.5) is 5.69 Å². The molecule has 4 aromatic rings. The molecular formula is C27H28N4O5S. The highest BCUT2D eigenvalue weighted by atomic mass is 32.1.